The van der Waals surface area contributed by atoms with Crippen LogP contribution >= 0.6 is 11.3 Å². The maximum atomic E-state index is 12.3. The molecule has 0 spiro atoms. The maximum Gasteiger partial charge on any atom is 0.240 e. The number of aryl methyl sites for hydroxylation is 2. The standard InChI is InChI=1S/C14H15N3O2S2/c1-10-3-4-12(8-15)7-13(10)21(18,19)16-6-5-14-17-11(2)9-20-14/h3-4,7,9,16H,5-6H2,1-2H3. The van der Waals surface area contributed by atoms with Crippen molar-refractivity contribution in [3.05, 3.63) is 45.4 Å². The third-order valence-corrected chi connectivity index (χ3v) is 5.53. The summed E-state index contributed by atoms with van der Waals surface area (Å²) in [6.45, 7) is 3.90. The Morgan fingerprint density at radius 1 is 1.38 bits per heavy atom. The molecule has 1 aromatic heterocycles. The highest BCUT2D eigenvalue weighted by molar-refractivity contribution is 7.89. The average molecular weight is 321 g/mol. The van der Waals surface area contributed by atoms with E-state index in [1.165, 1.54) is 17.4 Å². The van der Waals surface area contributed by atoms with E-state index in [1.807, 2.05) is 18.4 Å². The summed E-state index contributed by atoms with van der Waals surface area (Å²) in [5.74, 6) is 0. The zero-order valence-electron chi connectivity index (χ0n) is 11.8. The zero-order chi connectivity index (χ0) is 15.5. The molecule has 5 nitrogen and oxygen atoms in total. The van der Waals surface area contributed by atoms with Crippen molar-refractivity contribution >= 4 is 21.4 Å². The molecule has 7 heteroatoms. The SMILES string of the molecule is Cc1csc(CCNS(=O)(=O)c2cc(C#N)ccc2C)n1. The molecule has 0 aliphatic heterocycles. The highest BCUT2D eigenvalue weighted by Gasteiger charge is 2.17. The van der Waals surface area contributed by atoms with Crippen molar-refractivity contribution in [1.82, 2.24) is 9.71 Å². The second-order valence-electron chi connectivity index (χ2n) is 4.62. The summed E-state index contributed by atoms with van der Waals surface area (Å²) in [5, 5.41) is 11.7. The molecule has 0 atom stereocenters. The maximum absolute atomic E-state index is 12.3. The van der Waals surface area contributed by atoms with Gasteiger partial charge >= 0.3 is 0 Å². The third kappa shape index (κ3) is 3.88. The van der Waals surface area contributed by atoms with Gasteiger partial charge in [-0.1, -0.05) is 6.07 Å². The molecule has 21 heavy (non-hydrogen) atoms. The second kappa shape index (κ2) is 6.35. The van der Waals surface area contributed by atoms with Crippen LogP contribution in [0, 0.1) is 25.2 Å². The predicted molar refractivity (Wildman–Crippen MR) is 81.6 cm³/mol. The van der Waals surface area contributed by atoms with Gasteiger partial charge in [0.1, 0.15) is 0 Å². The number of nitrogens with zero attached hydrogens (tertiary/aromatic N) is 2. The first-order chi connectivity index (χ1) is 9.92. The number of rotatable bonds is 5. The minimum absolute atomic E-state index is 0.150. The molecule has 1 aromatic carbocycles. The topological polar surface area (TPSA) is 82.9 Å². The molecular formula is C14H15N3O2S2. The highest BCUT2D eigenvalue weighted by atomic mass is 32.2. The number of hydrogen-bond donors (Lipinski definition) is 1. The lowest BCUT2D eigenvalue weighted by molar-refractivity contribution is 0.581. The number of thiazole rings is 1. The molecule has 0 saturated heterocycles. The van der Waals surface area contributed by atoms with Gasteiger partial charge in [0.15, 0.2) is 0 Å². The number of hydrogen-bond acceptors (Lipinski definition) is 5. The lowest BCUT2D eigenvalue weighted by Crippen LogP contribution is -2.26. The smallest absolute Gasteiger partial charge is 0.240 e. The molecule has 1 heterocycles. The van der Waals surface area contributed by atoms with Crippen LogP contribution in [0.3, 0.4) is 0 Å². The van der Waals surface area contributed by atoms with Gasteiger partial charge in [0.05, 0.1) is 21.5 Å². The third-order valence-electron chi connectivity index (χ3n) is 2.90. The fourth-order valence-electron chi connectivity index (χ4n) is 1.85. The van der Waals surface area contributed by atoms with E-state index in [0.717, 1.165) is 10.7 Å². The Hall–Kier alpha value is -1.75. The Morgan fingerprint density at radius 3 is 2.76 bits per heavy atom. The van der Waals surface area contributed by atoms with Crippen molar-refractivity contribution in [2.24, 2.45) is 0 Å². The average Bonchev–Trinajstić information content (AvgIpc) is 2.84. The first kappa shape index (κ1) is 15.6. The van der Waals surface area contributed by atoms with Crippen molar-refractivity contribution in [1.29, 1.82) is 5.26 Å². The minimum Gasteiger partial charge on any atom is -0.247 e. The summed E-state index contributed by atoms with van der Waals surface area (Å²) >= 11 is 1.52. The molecule has 1 N–H and O–H groups in total. The van der Waals surface area contributed by atoms with Crippen LogP contribution < -0.4 is 4.72 Å². The molecule has 0 fully saturated rings. The van der Waals surface area contributed by atoms with E-state index in [-0.39, 0.29) is 11.4 Å². The highest BCUT2D eigenvalue weighted by Crippen LogP contribution is 2.17. The van der Waals surface area contributed by atoms with E-state index in [4.69, 9.17) is 5.26 Å². The van der Waals surface area contributed by atoms with E-state index in [9.17, 15) is 8.42 Å². The van der Waals surface area contributed by atoms with E-state index >= 15 is 0 Å². The Kier molecular flexibility index (Phi) is 4.73. The van der Waals surface area contributed by atoms with E-state index in [0.29, 0.717) is 17.5 Å². The van der Waals surface area contributed by atoms with Gasteiger partial charge in [0.25, 0.3) is 0 Å². The summed E-state index contributed by atoms with van der Waals surface area (Å²) in [7, 11) is -3.61. The Balaban J connectivity index is 2.10. The quantitative estimate of drug-likeness (QED) is 0.914. The van der Waals surface area contributed by atoms with Gasteiger partial charge < -0.3 is 0 Å². The summed E-state index contributed by atoms with van der Waals surface area (Å²) in [4.78, 5) is 4.44. The van der Waals surface area contributed by atoms with Crippen molar-refractivity contribution in [2.75, 3.05) is 6.54 Å². The predicted octanol–water partition coefficient (Wildman–Crippen LogP) is 2.15. The molecule has 0 saturated carbocycles. The second-order valence-corrected chi connectivity index (χ2v) is 7.30. The summed E-state index contributed by atoms with van der Waals surface area (Å²) in [5.41, 5.74) is 1.89. The molecule has 2 aromatic rings. The molecule has 0 bridgehead atoms. The number of benzene rings is 1. The van der Waals surface area contributed by atoms with Crippen molar-refractivity contribution < 1.29 is 8.42 Å². The normalized spacial score (nSPS) is 11.3. The van der Waals surface area contributed by atoms with Gasteiger partial charge in [-0.15, -0.1) is 11.3 Å². The number of nitriles is 1. The number of aromatic nitrogens is 1. The van der Waals surface area contributed by atoms with E-state index in [1.54, 1.807) is 19.1 Å². The van der Waals surface area contributed by atoms with E-state index in [2.05, 4.69) is 9.71 Å². The lowest BCUT2D eigenvalue weighted by atomic mass is 10.2. The Bertz CT molecular complexity index is 789. The van der Waals surface area contributed by atoms with Gasteiger partial charge in [0, 0.05) is 24.0 Å². The monoisotopic (exact) mass is 321 g/mol. The first-order valence-electron chi connectivity index (χ1n) is 6.34. The van der Waals surface area contributed by atoms with Crippen LogP contribution in [0.2, 0.25) is 0 Å². The molecule has 0 aliphatic rings. The summed E-state index contributed by atoms with van der Waals surface area (Å²) in [6, 6.07) is 6.58. The van der Waals surface area contributed by atoms with Crippen LogP contribution in [-0.2, 0) is 16.4 Å². The van der Waals surface area contributed by atoms with Crippen LogP contribution in [0.25, 0.3) is 0 Å². The van der Waals surface area contributed by atoms with Crippen LogP contribution in [-0.4, -0.2) is 19.9 Å². The van der Waals surface area contributed by atoms with Gasteiger partial charge in [-0.25, -0.2) is 18.1 Å². The number of sulfonamides is 1. The zero-order valence-corrected chi connectivity index (χ0v) is 13.4. The van der Waals surface area contributed by atoms with Crippen LogP contribution in [0.15, 0.2) is 28.5 Å². The number of nitrogens with one attached hydrogen (secondary N) is 1. The lowest BCUT2D eigenvalue weighted by Gasteiger charge is -2.09. The van der Waals surface area contributed by atoms with Gasteiger partial charge in [-0.3, -0.25) is 0 Å². The fraction of sp³-hybridized carbons (Fsp3) is 0.286. The summed E-state index contributed by atoms with van der Waals surface area (Å²) < 4.78 is 27.1. The van der Waals surface area contributed by atoms with Gasteiger partial charge in [0.2, 0.25) is 10.0 Å². The van der Waals surface area contributed by atoms with Gasteiger partial charge in [-0.05, 0) is 31.5 Å². The van der Waals surface area contributed by atoms with E-state index < -0.39 is 10.0 Å². The molecule has 110 valence electrons. The Morgan fingerprint density at radius 2 is 2.14 bits per heavy atom. The van der Waals surface area contributed by atoms with Gasteiger partial charge in [-0.2, -0.15) is 5.26 Å². The first-order valence-corrected chi connectivity index (χ1v) is 8.70. The molecule has 0 amide bonds. The molecule has 2 rings (SSSR count). The molecule has 0 aliphatic carbocycles. The van der Waals surface area contributed by atoms with Crippen molar-refractivity contribution in [3.63, 3.8) is 0 Å². The molecule has 0 unspecified atom stereocenters. The van der Waals surface area contributed by atoms with Crippen molar-refractivity contribution in [2.45, 2.75) is 25.2 Å². The molecule has 0 radical (unpaired) electrons. The molecular weight excluding hydrogens is 306 g/mol. The van der Waals surface area contributed by atoms with Crippen LogP contribution in [0.1, 0.15) is 21.8 Å². The van der Waals surface area contributed by atoms with Crippen LogP contribution in [0.4, 0.5) is 0 Å². The summed E-state index contributed by atoms with van der Waals surface area (Å²) in [6.07, 6.45) is 0.550. The fourth-order valence-corrected chi connectivity index (χ4v) is 3.92. The van der Waals surface area contributed by atoms with Crippen LogP contribution in [0.5, 0.6) is 0 Å². The van der Waals surface area contributed by atoms with Crippen molar-refractivity contribution in [3.8, 4) is 6.07 Å². The largest absolute Gasteiger partial charge is 0.247 e. The minimum atomic E-state index is -3.61. The Labute approximate surface area is 128 Å².